The SMILES string of the molecule is OC(CNc1ncc(Cn2cc(Br)cn2)s1)CN1CCCCC1. The Morgan fingerprint density at radius 3 is 2.87 bits per heavy atom. The van der Waals surface area contributed by atoms with E-state index < -0.39 is 0 Å². The zero-order valence-corrected chi connectivity index (χ0v) is 15.4. The van der Waals surface area contributed by atoms with Crippen LogP contribution in [0.2, 0.25) is 0 Å². The van der Waals surface area contributed by atoms with E-state index in [1.54, 1.807) is 17.5 Å². The van der Waals surface area contributed by atoms with Gasteiger partial charge >= 0.3 is 0 Å². The van der Waals surface area contributed by atoms with Gasteiger partial charge in [0.2, 0.25) is 0 Å². The van der Waals surface area contributed by atoms with Crippen molar-refractivity contribution in [3.63, 3.8) is 0 Å². The Kier molecular flexibility index (Phi) is 6.04. The number of nitrogens with zero attached hydrogens (tertiary/aromatic N) is 4. The van der Waals surface area contributed by atoms with Gasteiger partial charge in [0.15, 0.2) is 5.13 Å². The summed E-state index contributed by atoms with van der Waals surface area (Å²) >= 11 is 4.99. The van der Waals surface area contributed by atoms with Crippen molar-refractivity contribution in [1.82, 2.24) is 19.7 Å². The molecule has 3 rings (SSSR count). The van der Waals surface area contributed by atoms with Crippen molar-refractivity contribution >= 4 is 32.4 Å². The quantitative estimate of drug-likeness (QED) is 0.747. The average molecular weight is 400 g/mol. The van der Waals surface area contributed by atoms with Gasteiger partial charge in [0, 0.05) is 30.4 Å². The molecule has 1 aliphatic rings. The number of hydrogen-bond donors (Lipinski definition) is 2. The Bertz CT molecular complexity index is 611. The molecule has 0 amide bonds. The van der Waals surface area contributed by atoms with Gasteiger partial charge < -0.3 is 15.3 Å². The number of piperidine rings is 1. The molecule has 126 valence electrons. The summed E-state index contributed by atoms with van der Waals surface area (Å²) in [6, 6.07) is 0. The van der Waals surface area contributed by atoms with Gasteiger partial charge in [-0.15, -0.1) is 11.3 Å². The summed E-state index contributed by atoms with van der Waals surface area (Å²) in [5.41, 5.74) is 0. The predicted octanol–water partition coefficient (Wildman–Crippen LogP) is 2.41. The minimum absolute atomic E-state index is 0.359. The third-order valence-electron chi connectivity index (χ3n) is 3.88. The molecule has 1 saturated heterocycles. The smallest absolute Gasteiger partial charge is 0.183 e. The Hall–Kier alpha value is -0.960. The van der Waals surface area contributed by atoms with E-state index in [2.05, 4.69) is 36.2 Å². The van der Waals surface area contributed by atoms with E-state index in [0.29, 0.717) is 13.1 Å². The van der Waals surface area contributed by atoms with Crippen molar-refractivity contribution < 1.29 is 5.11 Å². The minimum Gasteiger partial charge on any atom is -0.390 e. The van der Waals surface area contributed by atoms with Gasteiger partial charge in [0.05, 0.1) is 23.3 Å². The van der Waals surface area contributed by atoms with Crippen molar-refractivity contribution in [2.24, 2.45) is 0 Å². The highest BCUT2D eigenvalue weighted by molar-refractivity contribution is 9.10. The third kappa shape index (κ3) is 5.27. The molecule has 0 radical (unpaired) electrons. The lowest BCUT2D eigenvalue weighted by atomic mass is 10.1. The van der Waals surface area contributed by atoms with Crippen LogP contribution >= 0.6 is 27.3 Å². The summed E-state index contributed by atoms with van der Waals surface area (Å²) in [6.07, 6.45) is 9.03. The van der Waals surface area contributed by atoms with E-state index in [1.807, 2.05) is 17.1 Å². The summed E-state index contributed by atoms with van der Waals surface area (Å²) in [7, 11) is 0. The van der Waals surface area contributed by atoms with Gasteiger partial charge in [0.1, 0.15) is 0 Å². The number of β-amino-alcohol motifs (C(OH)–C–C–N with tert-alkyl or cyclic N) is 1. The molecule has 0 spiro atoms. The summed E-state index contributed by atoms with van der Waals surface area (Å²) in [5, 5.41) is 18.5. The van der Waals surface area contributed by atoms with Crippen LogP contribution in [0.5, 0.6) is 0 Å². The van der Waals surface area contributed by atoms with Crippen LogP contribution in [-0.2, 0) is 6.54 Å². The molecule has 2 N–H and O–H groups in total. The highest BCUT2D eigenvalue weighted by Crippen LogP contribution is 2.19. The topological polar surface area (TPSA) is 66.2 Å². The maximum Gasteiger partial charge on any atom is 0.183 e. The number of aliphatic hydroxyl groups is 1. The van der Waals surface area contributed by atoms with Crippen LogP contribution in [-0.4, -0.2) is 57.1 Å². The maximum absolute atomic E-state index is 10.2. The van der Waals surface area contributed by atoms with Crippen LogP contribution in [0.1, 0.15) is 24.1 Å². The molecule has 1 atom stereocenters. The van der Waals surface area contributed by atoms with Crippen molar-refractivity contribution in [2.45, 2.75) is 31.9 Å². The van der Waals surface area contributed by atoms with Gasteiger partial charge in [-0.25, -0.2) is 4.98 Å². The van der Waals surface area contributed by atoms with Gasteiger partial charge in [0.25, 0.3) is 0 Å². The Balaban J connectivity index is 1.43. The largest absolute Gasteiger partial charge is 0.390 e. The van der Waals surface area contributed by atoms with E-state index >= 15 is 0 Å². The molecule has 1 fully saturated rings. The second kappa shape index (κ2) is 8.23. The fraction of sp³-hybridized carbons (Fsp3) is 0.600. The van der Waals surface area contributed by atoms with Crippen LogP contribution in [0, 0.1) is 0 Å². The average Bonchev–Trinajstić information content (AvgIpc) is 3.16. The molecule has 3 heterocycles. The third-order valence-corrected chi connectivity index (χ3v) is 5.23. The van der Waals surface area contributed by atoms with Gasteiger partial charge in [-0.3, -0.25) is 4.68 Å². The Morgan fingerprint density at radius 2 is 2.13 bits per heavy atom. The van der Waals surface area contributed by atoms with Crippen molar-refractivity contribution in [3.8, 4) is 0 Å². The van der Waals surface area contributed by atoms with E-state index in [4.69, 9.17) is 0 Å². The van der Waals surface area contributed by atoms with E-state index in [9.17, 15) is 5.11 Å². The first-order valence-electron chi connectivity index (χ1n) is 7.96. The molecule has 0 saturated carbocycles. The monoisotopic (exact) mass is 399 g/mol. The van der Waals surface area contributed by atoms with Crippen LogP contribution < -0.4 is 5.32 Å². The van der Waals surface area contributed by atoms with Gasteiger partial charge in [-0.1, -0.05) is 6.42 Å². The first-order valence-corrected chi connectivity index (χ1v) is 9.57. The first-order chi connectivity index (χ1) is 11.2. The van der Waals surface area contributed by atoms with Crippen LogP contribution in [0.3, 0.4) is 0 Å². The summed E-state index contributed by atoms with van der Waals surface area (Å²) < 4.78 is 2.84. The highest BCUT2D eigenvalue weighted by atomic mass is 79.9. The van der Waals surface area contributed by atoms with E-state index in [0.717, 1.165) is 34.1 Å². The fourth-order valence-electron chi connectivity index (χ4n) is 2.76. The zero-order valence-electron chi connectivity index (χ0n) is 13.0. The molecule has 0 aromatic carbocycles. The molecule has 8 heteroatoms. The number of aliphatic hydroxyl groups excluding tert-OH is 1. The number of rotatable bonds is 7. The molecule has 23 heavy (non-hydrogen) atoms. The zero-order chi connectivity index (χ0) is 16.1. The Morgan fingerprint density at radius 1 is 1.30 bits per heavy atom. The van der Waals surface area contributed by atoms with Crippen molar-refractivity contribution in [2.75, 3.05) is 31.5 Å². The summed E-state index contributed by atoms with van der Waals surface area (Å²) in [4.78, 5) is 7.85. The summed E-state index contributed by atoms with van der Waals surface area (Å²) in [5.74, 6) is 0. The van der Waals surface area contributed by atoms with Crippen molar-refractivity contribution in [1.29, 1.82) is 0 Å². The molecule has 0 bridgehead atoms. The standard InChI is InChI=1S/C15H22BrN5OS/c16-12-6-19-21(9-12)11-14-8-18-15(23-14)17-7-13(22)10-20-4-2-1-3-5-20/h6,8-9,13,22H,1-5,7,10-11H2,(H,17,18). The lowest BCUT2D eigenvalue weighted by molar-refractivity contribution is 0.110. The molecule has 1 unspecified atom stereocenters. The number of thiazole rings is 1. The predicted molar refractivity (Wildman–Crippen MR) is 95.9 cm³/mol. The highest BCUT2D eigenvalue weighted by Gasteiger charge is 2.14. The Labute approximate surface area is 148 Å². The molecule has 1 aliphatic heterocycles. The summed E-state index contributed by atoms with van der Waals surface area (Å²) in [6.45, 7) is 4.21. The first kappa shape index (κ1) is 16.9. The second-order valence-corrected chi connectivity index (χ2v) is 7.91. The van der Waals surface area contributed by atoms with Gasteiger partial charge in [-0.05, 0) is 41.9 Å². The molecule has 2 aromatic rings. The minimum atomic E-state index is -0.359. The number of nitrogens with one attached hydrogen (secondary N) is 1. The second-order valence-electron chi connectivity index (χ2n) is 5.88. The number of hydrogen-bond acceptors (Lipinski definition) is 6. The number of halogens is 1. The normalized spacial score (nSPS) is 17.3. The maximum atomic E-state index is 10.2. The number of anilines is 1. The molecular formula is C15H22BrN5OS. The van der Waals surface area contributed by atoms with E-state index in [1.165, 1.54) is 19.3 Å². The van der Waals surface area contributed by atoms with Crippen LogP contribution in [0.25, 0.3) is 0 Å². The molecule has 0 aliphatic carbocycles. The van der Waals surface area contributed by atoms with Crippen LogP contribution in [0.4, 0.5) is 5.13 Å². The lowest BCUT2D eigenvalue weighted by Crippen LogP contribution is -2.39. The van der Waals surface area contributed by atoms with Gasteiger partial charge in [-0.2, -0.15) is 5.10 Å². The van der Waals surface area contributed by atoms with Crippen LogP contribution in [0.15, 0.2) is 23.1 Å². The molecular weight excluding hydrogens is 378 g/mol. The number of aromatic nitrogens is 3. The lowest BCUT2D eigenvalue weighted by Gasteiger charge is -2.28. The molecule has 2 aromatic heterocycles. The molecule has 6 nitrogen and oxygen atoms in total. The fourth-order valence-corrected chi connectivity index (χ4v) is 3.90. The number of likely N-dealkylation sites (tertiary alicyclic amines) is 1. The van der Waals surface area contributed by atoms with E-state index in [-0.39, 0.29) is 6.10 Å². The van der Waals surface area contributed by atoms with Crippen molar-refractivity contribution in [3.05, 3.63) is 27.9 Å².